The van der Waals surface area contributed by atoms with E-state index in [0.717, 1.165) is 0 Å². The van der Waals surface area contributed by atoms with Crippen LogP contribution in [-0.2, 0) is 23.9 Å². The summed E-state index contributed by atoms with van der Waals surface area (Å²) in [6.07, 6.45) is 0.605. The average Bonchev–Trinajstić information content (AvgIpc) is 2.51. The van der Waals surface area contributed by atoms with Gasteiger partial charge in [0.25, 0.3) is 0 Å². The highest BCUT2D eigenvalue weighted by molar-refractivity contribution is 5.79. The predicted molar refractivity (Wildman–Crippen MR) is 77.4 cm³/mol. The first-order valence-corrected chi connectivity index (χ1v) is 6.41. The highest BCUT2D eigenvalue weighted by Gasteiger charge is 2.19. The van der Waals surface area contributed by atoms with E-state index in [1.54, 1.807) is 0 Å². The van der Waals surface area contributed by atoms with Gasteiger partial charge in [-0.1, -0.05) is 35.9 Å². The Morgan fingerprint density at radius 1 is 1.19 bits per heavy atom. The fourth-order valence-corrected chi connectivity index (χ4v) is 1.39. The molecular formula is C15H21NO5. The Labute approximate surface area is 124 Å². The number of nitrogens with one attached hydrogen (secondary N) is 1. The monoisotopic (exact) mass is 295 g/mol. The maximum atomic E-state index is 11.0. The Balaban J connectivity index is 0.000000471. The van der Waals surface area contributed by atoms with E-state index in [4.69, 9.17) is 0 Å². The summed E-state index contributed by atoms with van der Waals surface area (Å²) in [5.41, 5.74) is 1.32. The SMILES string of the molecule is COC(=O)CC[C@H](NC=O)C(=O)OC.Cc1ccccc1. The summed E-state index contributed by atoms with van der Waals surface area (Å²) >= 11 is 0. The minimum atomic E-state index is -0.795. The van der Waals surface area contributed by atoms with Crippen molar-refractivity contribution in [1.29, 1.82) is 0 Å². The molecular weight excluding hydrogens is 274 g/mol. The normalized spacial score (nSPS) is 10.4. The van der Waals surface area contributed by atoms with Crippen LogP contribution in [0, 0.1) is 6.92 Å². The lowest BCUT2D eigenvalue weighted by Crippen LogP contribution is -2.37. The van der Waals surface area contributed by atoms with E-state index in [9.17, 15) is 14.4 Å². The molecule has 1 aromatic carbocycles. The van der Waals surface area contributed by atoms with E-state index in [-0.39, 0.29) is 12.8 Å². The van der Waals surface area contributed by atoms with Crippen molar-refractivity contribution in [3.05, 3.63) is 35.9 Å². The van der Waals surface area contributed by atoms with Gasteiger partial charge >= 0.3 is 11.9 Å². The molecule has 0 spiro atoms. The van der Waals surface area contributed by atoms with Gasteiger partial charge in [-0.15, -0.1) is 0 Å². The van der Waals surface area contributed by atoms with Crippen LogP contribution in [0.3, 0.4) is 0 Å². The zero-order valence-corrected chi connectivity index (χ0v) is 12.5. The number of aryl methyl sites for hydroxylation is 1. The Bertz CT molecular complexity index is 433. The summed E-state index contributed by atoms with van der Waals surface area (Å²) in [7, 11) is 2.46. The minimum absolute atomic E-state index is 0.0527. The second-order valence-electron chi connectivity index (χ2n) is 4.13. The minimum Gasteiger partial charge on any atom is -0.469 e. The zero-order valence-electron chi connectivity index (χ0n) is 12.5. The van der Waals surface area contributed by atoms with E-state index in [1.165, 1.54) is 19.8 Å². The number of esters is 2. The molecule has 1 aromatic rings. The van der Waals surface area contributed by atoms with E-state index in [0.29, 0.717) is 6.41 Å². The predicted octanol–water partition coefficient (Wildman–Crippen LogP) is 1.22. The summed E-state index contributed by atoms with van der Waals surface area (Å²) < 4.78 is 8.80. The number of amides is 1. The molecule has 1 atom stereocenters. The average molecular weight is 295 g/mol. The van der Waals surface area contributed by atoms with Crippen LogP contribution in [0.25, 0.3) is 0 Å². The quantitative estimate of drug-likeness (QED) is 0.630. The lowest BCUT2D eigenvalue weighted by molar-refractivity contribution is -0.145. The van der Waals surface area contributed by atoms with Crippen LogP contribution < -0.4 is 5.32 Å². The molecule has 0 saturated heterocycles. The Kier molecular flexibility index (Phi) is 10.2. The molecule has 0 bridgehead atoms. The smallest absolute Gasteiger partial charge is 0.328 e. The Hall–Kier alpha value is -2.37. The molecule has 6 nitrogen and oxygen atoms in total. The topological polar surface area (TPSA) is 81.7 Å². The van der Waals surface area contributed by atoms with E-state index >= 15 is 0 Å². The first-order valence-electron chi connectivity index (χ1n) is 6.41. The van der Waals surface area contributed by atoms with Crippen molar-refractivity contribution >= 4 is 18.3 Å². The van der Waals surface area contributed by atoms with Crippen molar-refractivity contribution in [3.63, 3.8) is 0 Å². The molecule has 0 aliphatic heterocycles. The van der Waals surface area contributed by atoms with Crippen LogP contribution in [0.1, 0.15) is 18.4 Å². The van der Waals surface area contributed by atoms with E-state index in [2.05, 4.69) is 33.8 Å². The Morgan fingerprint density at radius 2 is 1.81 bits per heavy atom. The fraction of sp³-hybridized carbons (Fsp3) is 0.400. The number of hydrogen-bond donors (Lipinski definition) is 1. The molecule has 1 amide bonds. The number of benzene rings is 1. The van der Waals surface area contributed by atoms with Gasteiger partial charge in [-0.2, -0.15) is 0 Å². The fourth-order valence-electron chi connectivity index (χ4n) is 1.39. The first-order chi connectivity index (χ1) is 10.0. The molecule has 1 N–H and O–H groups in total. The third-order valence-electron chi connectivity index (χ3n) is 2.56. The number of ether oxygens (including phenoxy) is 2. The van der Waals surface area contributed by atoms with Gasteiger partial charge in [0.05, 0.1) is 14.2 Å². The van der Waals surface area contributed by atoms with Gasteiger partial charge in [-0.3, -0.25) is 9.59 Å². The number of hydrogen-bond acceptors (Lipinski definition) is 5. The third kappa shape index (κ3) is 9.21. The molecule has 21 heavy (non-hydrogen) atoms. The van der Waals surface area contributed by atoms with Crippen LogP contribution >= 0.6 is 0 Å². The third-order valence-corrected chi connectivity index (χ3v) is 2.56. The van der Waals surface area contributed by atoms with Gasteiger partial charge in [0.2, 0.25) is 6.41 Å². The number of rotatable bonds is 6. The van der Waals surface area contributed by atoms with Crippen LogP contribution in [0.2, 0.25) is 0 Å². The summed E-state index contributed by atoms with van der Waals surface area (Å²) in [6, 6.07) is 9.47. The van der Waals surface area contributed by atoms with Gasteiger partial charge in [-0.25, -0.2) is 4.79 Å². The van der Waals surface area contributed by atoms with Crippen LogP contribution in [0.4, 0.5) is 0 Å². The molecule has 0 heterocycles. The lowest BCUT2D eigenvalue weighted by Gasteiger charge is -2.12. The highest BCUT2D eigenvalue weighted by atomic mass is 16.5. The Morgan fingerprint density at radius 3 is 2.19 bits per heavy atom. The van der Waals surface area contributed by atoms with E-state index < -0.39 is 18.0 Å². The van der Waals surface area contributed by atoms with Crippen molar-refractivity contribution in [3.8, 4) is 0 Å². The van der Waals surface area contributed by atoms with Gasteiger partial charge in [-0.05, 0) is 13.3 Å². The lowest BCUT2D eigenvalue weighted by atomic mass is 10.1. The molecule has 1 rings (SSSR count). The van der Waals surface area contributed by atoms with Gasteiger partial charge in [0.15, 0.2) is 0 Å². The standard InChI is InChI=1S/C8H13NO5.C7H8/c1-13-7(11)4-3-6(9-5-10)8(12)14-2;1-7-5-3-2-4-6-7/h5-6H,3-4H2,1-2H3,(H,9,10);2-6H,1H3/t6-;/m0./s1. The van der Waals surface area contributed by atoms with Crippen LogP contribution in [-0.4, -0.2) is 38.6 Å². The maximum absolute atomic E-state index is 11.0. The summed E-state index contributed by atoms with van der Waals surface area (Å²) in [5, 5.41) is 2.25. The van der Waals surface area contributed by atoms with Crippen molar-refractivity contribution in [2.45, 2.75) is 25.8 Å². The second kappa shape index (κ2) is 11.5. The molecule has 0 aliphatic carbocycles. The molecule has 0 fully saturated rings. The molecule has 0 aromatic heterocycles. The summed E-state index contributed by atoms with van der Waals surface area (Å²) in [6.45, 7) is 2.08. The van der Waals surface area contributed by atoms with Crippen LogP contribution in [0.15, 0.2) is 30.3 Å². The van der Waals surface area contributed by atoms with Gasteiger partial charge in [0.1, 0.15) is 6.04 Å². The van der Waals surface area contributed by atoms with Crippen molar-refractivity contribution < 1.29 is 23.9 Å². The molecule has 6 heteroatoms. The largest absolute Gasteiger partial charge is 0.469 e. The summed E-state index contributed by atoms with van der Waals surface area (Å²) in [4.78, 5) is 31.9. The van der Waals surface area contributed by atoms with Crippen molar-refractivity contribution in [1.82, 2.24) is 5.32 Å². The van der Waals surface area contributed by atoms with E-state index in [1.807, 2.05) is 18.2 Å². The molecule has 0 saturated carbocycles. The van der Waals surface area contributed by atoms with Crippen molar-refractivity contribution in [2.75, 3.05) is 14.2 Å². The maximum Gasteiger partial charge on any atom is 0.328 e. The van der Waals surface area contributed by atoms with Crippen LogP contribution in [0.5, 0.6) is 0 Å². The number of methoxy groups -OCH3 is 2. The van der Waals surface area contributed by atoms with Gasteiger partial charge < -0.3 is 14.8 Å². The molecule has 0 radical (unpaired) electrons. The zero-order chi connectivity index (χ0) is 16.1. The molecule has 116 valence electrons. The molecule has 0 aliphatic rings. The summed E-state index contributed by atoms with van der Waals surface area (Å²) in [5.74, 6) is -1.02. The molecule has 0 unspecified atom stereocenters. The first kappa shape index (κ1) is 18.6. The number of carbonyl (C=O) groups is 3. The second-order valence-corrected chi connectivity index (χ2v) is 4.13. The number of carbonyl (C=O) groups excluding carboxylic acids is 3. The van der Waals surface area contributed by atoms with Gasteiger partial charge in [0, 0.05) is 6.42 Å². The highest BCUT2D eigenvalue weighted by Crippen LogP contribution is 2.00. The van der Waals surface area contributed by atoms with Crippen molar-refractivity contribution in [2.24, 2.45) is 0 Å².